The Labute approximate surface area is 121 Å². The van der Waals surface area contributed by atoms with Crippen molar-refractivity contribution in [2.45, 2.75) is 33.2 Å². The molecule has 1 rings (SSSR count). The molecule has 0 aliphatic heterocycles. The summed E-state index contributed by atoms with van der Waals surface area (Å²) in [5.41, 5.74) is 1.21. The van der Waals surface area contributed by atoms with Gasteiger partial charge in [-0.2, -0.15) is 0 Å². The summed E-state index contributed by atoms with van der Waals surface area (Å²) < 4.78 is 10.4. The van der Waals surface area contributed by atoms with Gasteiger partial charge in [-0.25, -0.2) is 0 Å². The number of nitrogens with one attached hydrogen (secondary N) is 1. The molecule has 0 bridgehead atoms. The fourth-order valence-corrected chi connectivity index (χ4v) is 1.91. The lowest BCUT2D eigenvalue weighted by molar-refractivity contribution is -0.143. The van der Waals surface area contributed by atoms with Crippen LogP contribution in [-0.2, 0) is 9.53 Å². The highest BCUT2D eigenvalue weighted by Gasteiger charge is 2.19. The molecular formula is C16H25NO3. The van der Waals surface area contributed by atoms with Gasteiger partial charge in [0.05, 0.1) is 7.11 Å². The second-order valence-corrected chi connectivity index (χ2v) is 5.32. The zero-order valence-corrected chi connectivity index (χ0v) is 12.8. The monoisotopic (exact) mass is 279 g/mol. The number of ether oxygens (including phenoxy) is 2. The van der Waals surface area contributed by atoms with Crippen LogP contribution in [0, 0.1) is 12.8 Å². The summed E-state index contributed by atoms with van der Waals surface area (Å²) in [6.07, 6.45) is 0.761. The van der Waals surface area contributed by atoms with Crippen molar-refractivity contribution in [3.8, 4) is 5.75 Å². The molecule has 4 nitrogen and oxygen atoms in total. The minimum absolute atomic E-state index is 0.214. The predicted molar refractivity (Wildman–Crippen MR) is 79.9 cm³/mol. The first kappa shape index (κ1) is 16.5. The molecule has 4 heteroatoms. The SMILES string of the molecule is COC(=O)C(CC(C)C)NCCOc1ccc(C)cc1. The van der Waals surface area contributed by atoms with Gasteiger partial charge in [-0.3, -0.25) is 4.79 Å². The second kappa shape index (κ2) is 8.59. The highest BCUT2D eigenvalue weighted by Crippen LogP contribution is 2.11. The number of aryl methyl sites for hydroxylation is 1. The molecule has 112 valence electrons. The van der Waals surface area contributed by atoms with Crippen LogP contribution in [0.2, 0.25) is 0 Å². The third kappa shape index (κ3) is 6.06. The normalized spacial score (nSPS) is 12.2. The van der Waals surface area contributed by atoms with Crippen molar-refractivity contribution in [3.63, 3.8) is 0 Å². The van der Waals surface area contributed by atoms with Gasteiger partial charge in [-0.05, 0) is 31.4 Å². The number of methoxy groups -OCH3 is 1. The van der Waals surface area contributed by atoms with Gasteiger partial charge in [0.25, 0.3) is 0 Å². The first-order chi connectivity index (χ1) is 9.52. The highest BCUT2D eigenvalue weighted by atomic mass is 16.5. The maximum atomic E-state index is 11.6. The number of carbonyl (C=O) groups is 1. The van der Waals surface area contributed by atoms with Crippen molar-refractivity contribution in [3.05, 3.63) is 29.8 Å². The summed E-state index contributed by atoms with van der Waals surface area (Å²) in [4.78, 5) is 11.6. The van der Waals surface area contributed by atoms with E-state index in [1.807, 2.05) is 31.2 Å². The fourth-order valence-electron chi connectivity index (χ4n) is 1.91. The van der Waals surface area contributed by atoms with Gasteiger partial charge in [-0.15, -0.1) is 0 Å². The summed E-state index contributed by atoms with van der Waals surface area (Å²) in [6, 6.07) is 7.65. The van der Waals surface area contributed by atoms with E-state index < -0.39 is 0 Å². The van der Waals surface area contributed by atoms with Crippen molar-refractivity contribution in [1.82, 2.24) is 5.32 Å². The van der Waals surface area contributed by atoms with Gasteiger partial charge in [0, 0.05) is 6.54 Å². The van der Waals surface area contributed by atoms with Crippen molar-refractivity contribution < 1.29 is 14.3 Å². The Hall–Kier alpha value is -1.55. The lowest BCUT2D eigenvalue weighted by atomic mass is 10.0. The topological polar surface area (TPSA) is 47.6 Å². The van der Waals surface area contributed by atoms with Crippen LogP contribution in [0.5, 0.6) is 5.75 Å². The number of carbonyl (C=O) groups excluding carboxylic acids is 1. The molecule has 1 aromatic rings. The molecule has 1 aromatic carbocycles. The van der Waals surface area contributed by atoms with E-state index in [0.29, 0.717) is 19.1 Å². The summed E-state index contributed by atoms with van der Waals surface area (Å²) in [5.74, 6) is 1.06. The average molecular weight is 279 g/mol. The van der Waals surface area contributed by atoms with Crippen LogP contribution in [0.4, 0.5) is 0 Å². The summed E-state index contributed by atoms with van der Waals surface area (Å²) in [5, 5.41) is 3.18. The van der Waals surface area contributed by atoms with E-state index in [1.54, 1.807) is 0 Å². The smallest absolute Gasteiger partial charge is 0.322 e. The number of hydrogen-bond donors (Lipinski definition) is 1. The molecule has 1 atom stereocenters. The molecule has 1 N–H and O–H groups in total. The Bertz CT molecular complexity index is 401. The van der Waals surface area contributed by atoms with E-state index in [9.17, 15) is 4.79 Å². The molecule has 0 amide bonds. The van der Waals surface area contributed by atoms with Crippen molar-refractivity contribution in [2.75, 3.05) is 20.3 Å². The van der Waals surface area contributed by atoms with Crippen LogP contribution < -0.4 is 10.1 Å². The van der Waals surface area contributed by atoms with Crippen LogP contribution >= 0.6 is 0 Å². The molecule has 0 saturated carbocycles. The highest BCUT2D eigenvalue weighted by molar-refractivity contribution is 5.75. The fraction of sp³-hybridized carbons (Fsp3) is 0.562. The molecule has 0 fully saturated rings. The Morgan fingerprint density at radius 1 is 1.25 bits per heavy atom. The molecular weight excluding hydrogens is 254 g/mol. The van der Waals surface area contributed by atoms with E-state index in [0.717, 1.165) is 12.2 Å². The zero-order valence-electron chi connectivity index (χ0n) is 12.8. The Balaban J connectivity index is 2.33. The molecule has 0 heterocycles. The summed E-state index contributed by atoms with van der Waals surface area (Å²) in [6.45, 7) is 7.34. The summed E-state index contributed by atoms with van der Waals surface area (Å²) in [7, 11) is 1.42. The number of esters is 1. The number of hydrogen-bond acceptors (Lipinski definition) is 4. The molecule has 0 radical (unpaired) electrons. The first-order valence-corrected chi connectivity index (χ1v) is 7.03. The lowest BCUT2D eigenvalue weighted by Gasteiger charge is -2.18. The second-order valence-electron chi connectivity index (χ2n) is 5.32. The van der Waals surface area contributed by atoms with E-state index in [-0.39, 0.29) is 12.0 Å². The predicted octanol–water partition coefficient (Wildman–Crippen LogP) is 2.55. The maximum Gasteiger partial charge on any atom is 0.322 e. The van der Waals surface area contributed by atoms with E-state index in [4.69, 9.17) is 9.47 Å². The van der Waals surface area contributed by atoms with Gasteiger partial charge in [-0.1, -0.05) is 31.5 Å². The van der Waals surface area contributed by atoms with Gasteiger partial charge in [0.15, 0.2) is 0 Å². The van der Waals surface area contributed by atoms with Gasteiger partial charge in [0.1, 0.15) is 18.4 Å². The van der Waals surface area contributed by atoms with Crippen molar-refractivity contribution >= 4 is 5.97 Å². The van der Waals surface area contributed by atoms with Crippen LogP contribution in [0.3, 0.4) is 0 Å². The van der Waals surface area contributed by atoms with Gasteiger partial charge >= 0.3 is 5.97 Å². The third-order valence-corrected chi connectivity index (χ3v) is 2.98. The van der Waals surface area contributed by atoms with Crippen LogP contribution in [0.15, 0.2) is 24.3 Å². The van der Waals surface area contributed by atoms with E-state index >= 15 is 0 Å². The van der Waals surface area contributed by atoms with Crippen LogP contribution in [0.1, 0.15) is 25.8 Å². The van der Waals surface area contributed by atoms with Gasteiger partial charge in [0.2, 0.25) is 0 Å². The minimum atomic E-state index is -0.262. The molecule has 0 aliphatic rings. The number of rotatable bonds is 8. The van der Waals surface area contributed by atoms with E-state index in [2.05, 4.69) is 19.2 Å². The Kier molecular flexibility index (Phi) is 7.09. The van der Waals surface area contributed by atoms with Gasteiger partial charge < -0.3 is 14.8 Å². The molecule has 0 saturated heterocycles. The average Bonchev–Trinajstić information content (AvgIpc) is 2.43. The Morgan fingerprint density at radius 2 is 1.90 bits per heavy atom. The van der Waals surface area contributed by atoms with Crippen molar-refractivity contribution in [1.29, 1.82) is 0 Å². The number of benzene rings is 1. The van der Waals surface area contributed by atoms with Crippen LogP contribution in [-0.4, -0.2) is 32.3 Å². The largest absolute Gasteiger partial charge is 0.492 e. The third-order valence-electron chi connectivity index (χ3n) is 2.98. The minimum Gasteiger partial charge on any atom is -0.492 e. The molecule has 0 spiro atoms. The maximum absolute atomic E-state index is 11.6. The van der Waals surface area contributed by atoms with Crippen molar-refractivity contribution in [2.24, 2.45) is 5.92 Å². The quantitative estimate of drug-likeness (QED) is 0.587. The van der Waals surface area contributed by atoms with E-state index in [1.165, 1.54) is 12.7 Å². The molecule has 1 unspecified atom stereocenters. The zero-order chi connectivity index (χ0) is 15.0. The molecule has 0 aromatic heterocycles. The lowest BCUT2D eigenvalue weighted by Crippen LogP contribution is -2.40. The molecule has 0 aliphatic carbocycles. The van der Waals surface area contributed by atoms with Crippen LogP contribution in [0.25, 0.3) is 0 Å². The first-order valence-electron chi connectivity index (χ1n) is 7.03. The standard InChI is InChI=1S/C16H25NO3/c1-12(2)11-15(16(18)19-4)17-9-10-20-14-7-5-13(3)6-8-14/h5-8,12,15,17H,9-11H2,1-4H3. The summed E-state index contributed by atoms with van der Waals surface area (Å²) >= 11 is 0. The Morgan fingerprint density at radius 3 is 2.45 bits per heavy atom. The molecule has 20 heavy (non-hydrogen) atoms.